The van der Waals surface area contributed by atoms with Gasteiger partial charge in [-0.25, -0.2) is 0 Å². The number of aromatic amines is 1. The molecule has 2 aromatic carbocycles. The fourth-order valence-electron chi connectivity index (χ4n) is 7.26. The third-order valence-corrected chi connectivity index (χ3v) is 11.2. The molecule has 2 aliphatic heterocycles. The number of thiazole rings is 1. The van der Waals surface area contributed by atoms with E-state index in [9.17, 15) is 19.5 Å². The van der Waals surface area contributed by atoms with Crippen LogP contribution in [-0.4, -0.2) is 41.4 Å². The number of aromatic nitrogens is 1. The molecule has 6 unspecified atom stereocenters. The minimum absolute atomic E-state index is 0.0161. The van der Waals surface area contributed by atoms with Gasteiger partial charge in [-0.05, 0) is 66.1 Å². The van der Waals surface area contributed by atoms with Crippen LogP contribution < -0.4 is 19.2 Å². The lowest BCUT2D eigenvalue weighted by molar-refractivity contribution is -0.123. The number of nitrogens with one attached hydrogen (secondary N) is 1. The van der Waals surface area contributed by atoms with Gasteiger partial charge in [0, 0.05) is 16.0 Å². The van der Waals surface area contributed by atoms with Gasteiger partial charge in [-0.2, -0.15) is 0 Å². The van der Waals surface area contributed by atoms with Gasteiger partial charge in [-0.15, -0.1) is 11.8 Å². The molecule has 8 nitrogen and oxygen atoms in total. The third-order valence-electron chi connectivity index (χ3n) is 8.62. The molecule has 2 amide bonds. The monoisotopic (exact) mass is 536 g/mol. The van der Waals surface area contributed by atoms with E-state index in [0.29, 0.717) is 17.2 Å². The molecule has 190 valence electrons. The highest BCUT2D eigenvalue weighted by molar-refractivity contribution is 8.00. The second-order valence-corrected chi connectivity index (χ2v) is 12.3. The van der Waals surface area contributed by atoms with Gasteiger partial charge < -0.3 is 19.6 Å². The highest BCUT2D eigenvalue weighted by atomic mass is 32.2. The normalized spacial score (nSPS) is 31.3. The van der Waals surface area contributed by atoms with Crippen molar-refractivity contribution in [1.82, 2.24) is 4.98 Å². The fraction of sp³-hybridized carbons (Fsp3) is 0.370. The fourth-order valence-corrected chi connectivity index (χ4v) is 10.2. The number of thioether (sulfide) groups is 1. The Kier molecular flexibility index (Phi) is 5.04. The van der Waals surface area contributed by atoms with Gasteiger partial charge in [-0.1, -0.05) is 17.4 Å². The average Bonchev–Trinajstić information content (AvgIpc) is 3.63. The maximum absolute atomic E-state index is 13.8. The summed E-state index contributed by atoms with van der Waals surface area (Å²) in [7, 11) is 3.09. The quantitative estimate of drug-likeness (QED) is 0.488. The molecule has 4 aliphatic rings. The summed E-state index contributed by atoms with van der Waals surface area (Å²) in [5.74, 6) is 0.111. The number of imide groups is 1. The molecule has 0 spiro atoms. The van der Waals surface area contributed by atoms with Crippen LogP contribution in [0.2, 0.25) is 0 Å². The number of rotatable bonds is 4. The first-order chi connectivity index (χ1) is 17.9. The Balaban J connectivity index is 1.31. The maximum atomic E-state index is 13.8. The Hall–Kier alpha value is -3.24. The number of ether oxygens (including phenoxy) is 2. The first kappa shape index (κ1) is 22.9. The molecule has 2 aliphatic carbocycles. The SMILES string of the molecule is COc1ccc(N2C(=O)C3C4CC(C3C2=O)C2C4Sc3[nH]c(=O)sc3[C@@H]2c2ccc(O)c(OC)c2)cc1. The van der Waals surface area contributed by atoms with Crippen molar-refractivity contribution >= 4 is 40.6 Å². The zero-order chi connectivity index (χ0) is 25.6. The molecular weight excluding hydrogens is 512 g/mol. The Morgan fingerprint density at radius 3 is 2.41 bits per heavy atom. The van der Waals surface area contributed by atoms with Gasteiger partial charge in [0.15, 0.2) is 11.5 Å². The van der Waals surface area contributed by atoms with Crippen LogP contribution in [0.15, 0.2) is 52.3 Å². The number of nitrogens with zero attached hydrogens (tertiary/aromatic N) is 1. The van der Waals surface area contributed by atoms with Crippen molar-refractivity contribution in [1.29, 1.82) is 0 Å². The molecule has 2 N–H and O–H groups in total. The molecule has 2 saturated carbocycles. The zero-order valence-electron chi connectivity index (χ0n) is 20.0. The van der Waals surface area contributed by atoms with Gasteiger partial charge in [0.1, 0.15) is 5.75 Å². The summed E-state index contributed by atoms with van der Waals surface area (Å²) in [6.07, 6.45) is 0.816. The lowest BCUT2D eigenvalue weighted by atomic mass is 9.68. The number of benzene rings is 2. The minimum atomic E-state index is -0.375. The number of hydrogen-bond acceptors (Lipinski definition) is 8. The summed E-state index contributed by atoms with van der Waals surface area (Å²) in [6, 6.07) is 12.4. The largest absolute Gasteiger partial charge is 0.504 e. The summed E-state index contributed by atoms with van der Waals surface area (Å²) in [5, 5.41) is 11.2. The van der Waals surface area contributed by atoms with Crippen LogP contribution in [0.25, 0.3) is 0 Å². The summed E-state index contributed by atoms with van der Waals surface area (Å²) < 4.78 is 10.6. The molecule has 7 atom stereocenters. The molecule has 10 heteroatoms. The van der Waals surface area contributed by atoms with Crippen LogP contribution in [0.4, 0.5) is 5.69 Å². The number of amides is 2. The summed E-state index contributed by atoms with van der Waals surface area (Å²) in [4.78, 5) is 45.1. The molecule has 2 bridgehead atoms. The average molecular weight is 537 g/mol. The second kappa shape index (κ2) is 8.13. The molecule has 37 heavy (non-hydrogen) atoms. The Labute approximate surface area is 220 Å². The van der Waals surface area contributed by atoms with E-state index in [-0.39, 0.29) is 63.2 Å². The molecule has 3 aromatic rings. The second-order valence-electron chi connectivity index (χ2n) is 10.1. The summed E-state index contributed by atoms with van der Waals surface area (Å²) >= 11 is 2.86. The predicted octanol–water partition coefficient (Wildman–Crippen LogP) is 3.84. The maximum Gasteiger partial charge on any atom is 0.305 e. The molecule has 3 heterocycles. The summed E-state index contributed by atoms with van der Waals surface area (Å²) in [6.45, 7) is 0. The van der Waals surface area contributed by atoms with Gasteiger partial charge in [-0.3, -0.25) is 19.3 Å². The van der Waals surface area contributed by atoms with Crippen LogP contribution in [0.1, 0.15) is 22.8 Å². The van der Waals surface area contributed by atoms with E-state index in [1.54, 1.807) is 49.2 Å². The number of hydrogen-bond donors (Lipinski definition) is 2. The third kappa shape index (κ3) is 3.11. The topological polar surface area (TPSA) is 109 Å². The van der Waals surface area contributed by atoms with Crippen molar-refractivity contribution in [3.05, 3.63) is 62.6 Å². The first-order valence-electron chi connectivity index (χ1n) is 12.2. The number of phenols is 1. The molecule has 7 rings (SSSR count). The van der Waals surface area contributed by atoms with Crippen LogP contribution in [0.5, 0.6) is 17.2 Å². The van der Waals surface area contributed by atoms with E-state index in [1.165, 1.54) is 23.3 Å². The van der Waals surface area contributed by atoms with Crippen molar-refractivity contribution in [3.8, 4) is 17.2 Å². The minimum Gasteiger partial charge on any atom is -0.504 e. The van der Waals surface area contributed by atoms with Gasteiger partial charge in [0.25, 0.3) is 0 Å². The van der Waals surface area contributed by atoms with Gasteiger partial charge in [0.05, 0.1) is 36.8 Å². The highest BCUT2D eigenvalue weighted by Gasteiger charge is 2.69. The zero-order valence-corrected chi connectivity index (χ0v) is 21.7. The summed E-state index contributed by atoms with van der Waals surface area (Å²) in [5.41, 5.74) is 1.51. The highest BCUT2D eigenvalue weighted by Crippen LogP contribution is 2.68. The predicted molar refractivity (Wildman–Crippen MR) is 139 cm³/mol. The molecule has 1 aromatic heterocycles. The number of carbonyl (C=O) groups excluding carboxylic acids is 2. The van der Waals surface area contributed by atoms with E-state index in [1.807, 2.05) is 12.1 Å². The lowest BCUT2D eigenvalue weighted by Crippen LogP contribution is -2.42. The Morgan fingerprint density at radius 1 is 0.973 bits per heavy atom. The standard InChI is InChI=1S/C27H24N2O6S2/c1-34-13-6-4-12(5-7-13)29-25(31)20-14-10-15(21(20)26(29)32)22-19(14)18(23-24(36-22)28-27(33)37-23)11-3-8-16(30)17(9-11)35-2/h3-9,14-15,18-22,30H,10H2,1-2H3,(H,28,33)/t14?,15?,18-,19?,20?,21?,22?/m1/s1. The van der Waals surface area contributed by atoms with E-state index in [0.717, 1.165) is 21.9 Å². The van der Waals surface area contributed by atoms with Crippen molar-refractivity contribution in [2.45, 2.75) is 22.6 Å². The van der Waals surface area contributed by atoms with Crippen molar-refractivity contribution in [2.75, 3.05) is 19.1 Å². The molecular formula is C27H24N2O6S2. The van der Waals surface area contributed by atoms with E-state index in [4.69, 9.17) is 9.47 Å². The van der Waals surface area contributed by atoms with Gasteiger partial charge >= 0.3 is 4.87 Å². The molecule has 0 radical (unpaired) electrons. The number of fused-ring (bicyclic) bond motifs is 9. The number of carbonyl (C=O) groups is 2. The Morgan fingerprint density at radius 2 is 1.70 bits per heavy atom. The van der Waals surface area contributed by atoms with Crippen molar-refractivity contribution < 1.29 is 24.2 Å². The number of methoxy groups -OCH3 is 2. The van der Waals surface area contributed by atoms with Crippen molar-refractivity contribution in [2.24, 2.45) is 29.6 Å². The molecule has 3 fully saturated rings. The number of anilines is 1. The van der Waals surface area contributed by atoms with Crippen LogP contribution in [0, 0.1) is 29.6 Å². The van der Waals surface area contributed by atoms with E-state index >= 15 is 0 Å². The van der Waals surface area contributed by atoms with Crippen LogP contribution in [0.3, 0.4) is 0 Å². The van der Waals surface area contributed by atoms with Gasteiger partial charge in [0.2, 0.25) is 11.8 Å². The Bertz CT molecular complexity index is 1500. The van der Waals surface area contributed by atoms with Crippen molar-refractivity contribution in [3.63, 3.8) is 0 Å². The van der Waals surface area contributed by atoms with Crippen LogP contribution >= 0.6 is 23.1 Å². The number of aromatic hydroxyl groups is 1. The smallest absolute Gasteiger partial charge is 0.305 e. The lowest BCUT2D eigenvalue weighted by Gasteiger charge is -2.43. The van der Waals surface area contributed by atoms with E-state index < -0.39 is 0 Å². The van der Waals surface area contributed by atoms with E-state index in [2.05, 4.69) is 4.98 Å². The number of H-pyrrole nitrogens is 1. The first-order valence-corrected chi connectivity index (χ1v) is 13.9. The van der Waals surface area contributed by atoms with Crippen LogP contribution in [-0.2, 0) is 9.59 Å². The number of phenolic OH excluding ortho intramolecular Hbond substituents is 1. The molecule has 1 saturated heterocycles.